The van der Waals surface area contributed by atoms with Crippen LogP contribution in [0.1, 0.15) is 13.3 Å². The van der Waals surface area contributed by atoms with E-state index in [4.69, 9.17) is 0 Å². The van der Waals surface area contributed by atoms with Gasteiger partial charge in [0.2, 0.25) is 5.91 Å². The number of aromatic nitrogens is 1. The summed E-state index contributed by atoms with van der Waals surface area (Å²) in [6.07, 6.45) is 0.996. The number of thiazole rings is 1. The number of rotatable bonds is 3. The van der Waals surface area contributed by atoms with Crippen LogP contribution < -0.4 is 5.32 Å². The van der Waals surface area contributed by atoms with Gasteiger partial charge < -0.3 is 5.32 Å². The lowest BCUT2D eigenvalue weighted by Crippen LogP contribution is -2.14. The SMILES string of the molecule is CC1CC1C(=O)Nc1nc(-c2cccc(Br)c2)cs1. The maximum atomic E-state index is 11.8. The molecule has 0 spiro atoms. The second-order valence-corrected chi connectivity index (χ2v) is 6.63. The van der Waals surface area contributed by atoms with E-state index in [-0.39, 0.29) is 11.8 Å². The molecule has 2 unspecified atom stereocenters. The number of halogens is 1. The number of hydrogen-bond donors (Lipinski definition) is 1. The van der Waals surface area contributed by atoms with Crippen LogP contribution in [0.15, 0.2) is 34.1 Å². The Morgan fingerprint density at radius 1 is 1.53 bits per heavy atom. The first-order chi connectivity index (χ1) is 9.13. The van der Waals surface area contributed by atoms with Crippen LogP contribution in [0, 0.1) is 11.8 Å². The van der Waals surface area contributed by atoms with Crippen molar-refractivity contribution in [2.75, 3.05) is 5.32 Å². The highest BCUT2D eigenvalue weighted by Crippen LogP contribution is 2.38. The predicted molar refractivity (Wildman–Crippen MR) is 81.2 cm³/mol. The number of nitrogens with zero attached hydrogens (tertiary/aromatic N) is 1. The number of carbonyl (C=O) groups is 1. The molecule has 1 aromatic carbocycles. The Morgan fingerprint density at radius 3 is 3.00 bits per heavy atom. The number of anilines is 1. The Balaban J connectivity index is 1.74. The van der Waals surface area contributed by atoms with Crippen molar-refractivity contribution < 1.29 is 4.79 Å². The number of carbonyl (C=O) groups excluding carboxylic acids is 1. The Labute approximate surface area is 124 Å². The van der Waals surface area contributed by atoms with Crippen LogP contribution in [0.2, 0.25) is 0 Å². The van der Waals surface area contributed by atoms with Crippen molar-refractivity contribution in [3.63, 3.8) is 0 Å². The van der Waals surface area contributed by atoms with E-state index >= 15 is 0 Å². The van der Waals surface area contributed by atoms with Crippen LogP contribution in [0.25, 0.3) is 11.3 Å². The van der Waals surface area contributed by atoms with Crippen molar-refractivity contribution in [3.05, 3.63) is 34.1 Å². The molecule has 3 nitrogen and oxygen atoms in total. The minimum Gasteiger partial charge on any atom is -0.302 e. The molecule has 1 aromatic heterocycles. The molecule has 1 saturated carbocycles. The van der Waals surface area contributed by atoms with Crippen LogP contribution in [0.3, 0.4) is 0 Å². The molecule has 3 rings (SSSR count). The van der Waals surface area contributed by atoms with E-state index in [2.05, 4.69) is 33.2 Å². The van der Waals surface area contributed by atoms with Crippen LogP contribution >= 0.6 is 27.3 Å². The van der Waals surface area contributed by atoms with Gasteiger partial charge in [-0.3, -0.25) is 4.79 Å². The zero-order valence-electron chi connectivity index (χ0n) is 10.4. The zero-order chi connectivity index (χ0) is 13.4. The first-order valence-corrected chi connectivity index (χ1v) is 7.83. The molecule has 1 N–H and O–H groups in total. The largest absolute Gasteiger partial charge is 0.302 e. The van der Waals surface area contributed by atoms with Gasteiger partial charge in [-0.15, -0.1) is 11.3 Å². The third-order valence-corrected chi connectivity index (χ3v) is 4.55. The van der Waals surface area contributed by atoms with Crippen molar-refractivity contribution >= 4 is 38.3 Å². The topological polar surface area (TPSA) is 42.0 Å². The maximum Gasteiger partial charge on any atom is 0.229 e. The zero-order valence-corrected chi connectivity index (χ0v) is 12.8. The third-order valence-electron chi connectivity index (χ3n) is 3.30. The van der Waals surface area contributed by atoms with Gasteiger partial charge in [-0.1, -0.05) is 35.0 Å². The van der Waals surface area contributed by atoms with E-state index in [1.807, 2.05) is 29.6 Å². The summed E-state index contributed by atoms with van der Waals surface area (Å²) in [5.41, 5.74) is 1.94. The second kappa shape index (κ2) is 5.06. The smallest absolute Gasteiger partial charge is 0.229 e. The van der Waals surface area contributed by atoms with Gasteiger partial charge in [0.25, 0.3) is 0 Å². The summed E-state index contributed by atoms with van der Waals surface area (Å²) in [5, 5.41) is 5.54. The molecule has 1 aliphatic rings. The molecule has 2 aromatic rings. The minimum atomic E-state index is 0.0997. The monoisotopic (exact) mass is 336 g/mol. The van der Waals surface area contributed by atoms with Gasteiger partial charge in [-0.25, -0.2) is 4.98 Å². The van der Waals surface area contributed by atoms with Crippen LogP contribution in [0.5, 0.6) is 0 Å². The van der Waals surface area contributed by atoms with Crippen LogP contribution in [0.4, 0.5) is 5.13 Å². The molecule has 1 heterocycles. The molecule has 5 heteroatoms. The number of benzene rings is 1. The van der Waals surface area contributed by atoms with E-state index < -0.39 is 0 Å². The molecular formula is C14H13BrN2OS. The Kier molecular flexibility index (Phi) is 3.41. The molecular weight excluding hydrogens is 324 g/mol. The summed E-state index contributed by atoms with van der Waals surface area (Å²) < 4.78 is 1.02. The van der Waals surface area contributed by atoms with Crippen molar-refractivity contribution in [2.45, 2.75) is 13.3 Å². The normalized spacial score (nSPS) is 21.2. The molecule has 98 valence electrons. The molecule has 1 amide bonds. The van der Waals surface area contributed by atoms with Crippen molar-refractivity contribution in [2.24, 2.45) is 11.8 Å². The molecule has 0 saturated heterocycles. The lowest BCUT2D eigenvalue weighted by molar-refractivity contribution is -0.117. The van der Waals surface area contributed by atoms with Crippen molar-refractivity contribution in [3.8, 4) is 11.3 Å². The standard InChI is InChI=1S/C14H13BrN2OS/c1-8-5-11(8)13(18)17-14-16-12(7-19-14)9-3-2-4-10(15)6-9/h2-4,6-8,11H,5H2,1H3,(H,16,17,18). The van der Waals surface area contributed by atoms with Gasteiger partial charge in [0.15, 0.2) is 5.13 Å². The van der Waals surface area contributed by atoms with E-state index in [0.29, 0.717) is 11.0 Å². The average molecular weight is 337 g/mol. The predicted octanol–water partition coefficient (Wildman–Crippen LogP) is 4.17. The van der Waals surface area contributed by atoms with Gasteiger partial charge >= 0.3 is 0 Å². The Hall–Kier alpha value is -1.20. The van der Waals surface area contributed by atoms with E-state index in [0.717, 1.165) is 22.2 Å². The number of amides is 1. The summed E-state index contributed by atoms with van der Waals surface area (Å²) >= 11 is 4.91. The van der Waals surface area contributed by atoms with Gasteiger partial charge in [-0.05, 0) is 24.5 Å². The summed E-state index contributed by atoms with van der Waals surface area (Å²) in [6, 6.07) is 7.98. The highest BCUT2D eigenvalue weighted by atomic mass is 79.9. The molecule has 19 heavy (non-hydrogen) atoms. The minimum absolute atomic E-state index is 0.0997. The van der Waals surface area contributed by atoms with Gasteiger partial charge in [0.1, 0.15) is 0 Å². The lowest BCUT2D eigenvalue weighted by Gasteiger charge is -1.99. The fourth-order valence-electron chi connectivity index (χ4n) is 2.00. The molecule has 0 bridgehead atoms. The van der Waals surface area contributed by atoms with Crippen LogP contribution in [-0.4, -0.2) is 10.9 Å². The first-order valence-electron chi connectivity index (χ1n) is 6.16. The van der Waals surface area contributed by atoms with Crippen molar-refractivity contribution in [1.82, 2.24) is 4.98 Å². The van der Waals surface area contributed by atoms with Gasteiger partial charge in [0.05, 0.1) is 5.69 Å². The molecule has 1 fully saturated rings. The van der Waals surface area contributed by atoms with E-state index in [1.165, 1.54) is 11.3 Å². The molecule has 0 aliphatic heterocycles. The molecule has 0 radical (unpaired) electrons. The average Bonchev–Trinajstić information content (AvgIpc) is 2.94. The summed E-state index contributed by atoms with van der Waals surface area (Å²) in [4.78, 5) is 16.3. The fourth-order valence-corrected chi connectivity index (χ4v) is 3.12. The van der Waals surface area contributed by atoms with Crippen LogP contribution in [-0.2, 0) is 4.79 Å². The molecule has 1 aliphatic carbocycles. The third kappa shape index (κ3) is 2.87. The molecule has 2 atom stereocenters. The van der Waals surface area contributed by atoms with E-state index in [1.54, 1.807) is 0 Å². The Morgan fingerprint density at radius 2 is 2.32 bits per heavy atom. The summed E-state index contributed by atoms with van der Waals surface area (Å²) in [6.45, 7) is 2.10. The lowest BCUT2D eigenvalue weighted by atomic mass is 10.2. The summed E-state index contributed by atoms with van der Waals surface area (Å²) in [5.74, 6) is 0.797. The summed E-state index contributed by atoms with van der Waals surface area (Å²) in [7, 11) is 0. The van der Waals surface area contributed by atoms with Gasteiger partial charge in [-0.2, -0.15) is 0 Å². The number of nitrogens with one attached hydrogen (secondary N) is 1. The fraction of sp³-hybridized carbons (Fsp3) is 0.286. The highest BCUT2D eigenvalue weighted by molar-refractivity contribution is 9.10. The second-order valence-electron chi connectivity index (χ2n) is 4.86. The highest BCUT2D eigenvalue weighted by Gasteiger charge is 2.39. The Bertz CT molecular complexity index is 625. The first kappa shape index (κ1) is 12.8. The number of hydrogen-bond acceptors (Lipinski definition) is 3. The van der Waals surface area contributed by atoms with E-state index in [9.17, 15) is 4.79 Å². The quantitative estimate of drug-likeness (QED) is 0.913. The van der Waals surface area contributed by atoms with Crippen molar-refractivity contribution in [1.29, 1.82) is 0 Å². The van der Waals surface area contributed by atoms with Gasteiger partial charge in [0, 0.05) is 21.3 Å². The maximum absolute atomic E-state index is 11.8.